The first kappa shape index (κ1) is 15.0. The molecule has 0 saturated heterocycles. The second kappa shape index (κ2) is 6.83. The molecular formula is C14H20N2O3S. The van der Waals surface area contributed by atoms with E-state index in [4.69, 9.17) is 0 Å². The van der Waals surface area contributed by atoms with Crippen molar-refractivity contribution in [1.29, 1.82) is 0 Å². The maximum Gasteiger partial charge on any atom is 0.273 e. The molecule has 5 nitrogen and oxygen atoms in total. The molecule has 1 heterocycles. The van der Waals surface area contributed by atoms with Gasteiger partial charge in [0.2, 0.25) is 0 Å². The molecule has 1 aliphatic rings. The highest BCUT2D eigenvalue weighted by Gasteiger charge is 2.31. The third kappa shape index (κ3) is 3.36. The summed E-state index contributed by atoms with van der Waals surface area (Å²) in [6.45, 7) is 1.90. The second-order valence-corrected chi connectivity index (χ2v) is 6.89. The minimum atomic E-state index is -0.919. The van der Waals surface area contributed by atoms with E-state index in [2.05, 4.69) is 10.3 Å². The Bertz CT molecular complexity index is 507. The first-order chi connectivity index (χ1) is 9.63. The number of nitrogens with zero attached hydrogens (tertiary/aromatic N) is 1. The van der Waals surface area contributed by atoms with Gasteiger partial charge in [-0.3, -0.25) is 9.00 Å². The van der Waals surface area contributed by atoms with Crippen LogP contribution >= 0.6 is 0 Å². The molecule has 6 heteroatoms. The number of hydrogen-bond acceptors (Lipinski definition) is 4. The van der Waals surface area contributed by atoms with Gasteiger partial charge in [0.15, 0.2) is 5.69 Å². The van der Waals surface area contributed by atoms with E-state index in [9.17, 15) is 14.1 Å². The van der Waals surface area contributed by atoms with Crippen LogP contribution in [0.15, 0.2) is 18.3 Å². The molecule has 1 saturated carbocycles. The fourth-order valence-electron chi connectivity index (χ4n) is 2.60. The minimum Gasteiger partial charge on any atom is -0.505 e. The number of nitrogens with one attached hydrogen (secondary N) is 1. The molecule has 0 bridgehead atoms. The summed E-state index contributed by atoms with van der Waals surface area (Å²) in [5.41, 5.74) is 0.0269. The summed E-state index contributed by atoms with van der Waals surface area (Å²) >= 11 is 0. The summed E-state index contributed by atoms with van der Waals surface area (Å²) < 4.78 is 12.1. The monoisotopic (exact) mass is 296 g/mol. The molecule has 0 aromatic carbocycles. The van der Waals surface area contributed by atoms with E-state index in [-0.39, 0.29) is 22.7 Å². The van der Waals surface area contributed by atoms with Crippen molar-refractivity contribution in [3.05, 3.63) is 24.0 Å². The highest BCUT2D eigenvalue weighted by atomic mass is 32.2. The third-order valence-electron chi connectivity index (χ3n) is 3.64. The third-order valence-corrected chi connectivity index (χ3v) is 5.45. The molecule has 1 aromatic rings. The second-order valence-electron chi connectivity index (χ2n) is 4.94. The molecule has 2 rings (SSSR count). The van der Waals surface area contributed by atoms with Crippen LogP contribution in [0.25, 0.3) is 0 Å². The van der Waals surface area contributed by atoms with E-state index < -0.39 is 16.7 Å². The topological polar surface area (TPSA) is 79.3 Å². The van der Waals surface area contributed by atoms with Gasteiger partial charge in [-0.2, -0.15) is 0 Å². The van der Waals surface area contributed by atoms with E-state index in [0.717, 1.165) is 25.7 Å². The van der Waals surface area contributed by atoms with Crippen LogP contribution in [-0.4, -0.2) is 37.3 Å². The maximum absolute atomic E-state index is 12.2. The Kier molecular flexibility index (Phi) is 5.11. The zero-order chi connectivity index (χ0) is 14.5. The number of carbonyl (C=O) groups excluding carboxylic acids is 1. The zero-order valence-corrected chi connectivity index (χ0v) is 12.4. The molecule has 1 aromatic heterocycles. The first-order valence-corrected chi connectivity index (χ1v) is 8.33. The van der Waals surface area contributed by atoms with E-state index in [1.165, 1.54) is 12.3 Å². The quantitative estimate of drug-likeness (QED) is 0.884. The van der Waals surface area contributed by atoms with E-state index in [1.54, 1.807) is 6.07 Å². The number of rotatable bonds is 4. The van der Waals surface area contributed by atoms with Crippen LogP contribution in [0.2, 0.25) is 0 Å². The molecule has 1 amide bonds. The number of aromatic nitrogens is 1. The molecule has 3 atom stereocenters. The average molecular weight is 296 g/mol. The molecule has 0 unspecified atom stereocenters. The largest absolute Gasteiger partial charge is 0.505 e. The maximum atomic E-state index is 12.2. The summed E-state index contributed by atoms with van der Waals surface area (Å²) in [6, 6.07) is 2.91. The van der Waals surface area contributed by atoms with Crippen molar-refractivity contribution in [1.82, 2.24) is 10.3 Å². The lowest BCUT2D eigenvalue weighted by Gasteiger charge is -2.31. The fourth-order valence-corrected chi connectivity index (χ4v) is 4.03. The number of carbonyl (C=O) groups is 1. The molecule has 1 fully saturated rings. The molecule has 110 valence electrons. The van der Waals surface area contributed by atoms with Gasteiger partial charge in [0.1, 0.15) is 5.75 Å². The summed E-state index contributed by atoms with van der Waals surface area (Å²) in [5, 5.41) is 12.5. The van der Waals surface area contributed by atoms with Crippen molar-refractivity contribution in [2.75, 3.05) is 5.75 Å². The van der Waals surface area contributed by atoms with Crippen LogP contribution in [0, 0.1) is 0 Å². The predicted molar refractivity (Wildman–Crippen MR) is 78.1 cm³/mol. The Morgan fingerprint density at radius 2 is 2.25 bits per heavy atom. The Balaban J connectivity index is 2.09. The van der Waals surface area contributed by atoms with Crippen molar-refractivity contribution >= 4 is 16.7 Å². The lowest BCUT2D eigenvalue weighted by molar-refractivity contribution is 0.0921. The van der Waals surface area contributed by atoms with Crippen molar-refractivity contribution in [3.8, 4) is 5.75 Å². The summed E-state index contributed by atoms with van der Waals surface area (Å²) in [7, 11) is -0.919. The van der Waals surface area contributed by atoms with Gasteiger partial charge >= 0.3 is 0 Å². The number of pyridine rings is 1. The van der Waals surface area contributed by atoms with Crippen LogP contribution in [0.4, 0.5) is 0 Å². The Morgan fingerprint density at radius 1 is 1.50 bits per heavy atom. The Labute approximate surface area is 121 Å². The van der Waals surface area contributed by atoms with Crippen LogP contribution in [0.1, 0.15) is 43.1 Å². The van der Waals surface area contributed by atoms with Gasteiger partial charge in [0.05, 0.1) is 5.25 Å². The molecule has 1 aliphatic carbocycles. The summed E-state index contributed by atoms with van der Waals surface area (Å²) in [4.78, 5) is 16.1. The van der Waals surface area contributed by atoms with Gasteiger partial charge in [-0.25, -0.2) is 4.98 Å². The van der Waals surface area contributed by atoms with E-state index in [1.807, 2.05) is 6.92 Å². The summed E-state index contributed by atoms with van der Waals surface area (Å²) in [6.07, 6.45) is 5.25. The van der Waals surface area contributed by atoms with Crippen LogP contribution in [0.3, 0.4) is 0 Å². The molecule has 20 heavy (non-hydrogen) atoms. The van der Waals surface area contributed by atoms with E-state index in [0.29, 0.717) is 5.75 Å². The molecule has 0 spiro atoms. The molecule has 0 radical (unpaired) electrons. The van der Waals surface area contributed by atoms with Gasteiger partial charge < -0.3 is 10.4 Å². The normalized spacial score (nSPS) is 24.1. The van der Waals surface area contributed by atoms with Crippen molar-refractivity contribution < 1.29 is 14.1 Å². The molecule has 2 N–H and O–H groups in total. The van der Waals surface area contributed by atoms with E-state index >= 15 is 0 Å². The highest BCUT2D eigenvalue weighted by molar-refractivity contribution is 7.85. The van der Waals surface area contributed by atoms with Crippen LogP contribution in [0.5, 0.6) is 5.75 Å². The van der Waals surface area contributed by atoms with Crippen LogP contribution in [-0.2, 0) is 10.8 Å². The van der Waals surface area contributed by atoms with Gasteiger partial charge in [-0.1, -0.05) is 19.8 Å². The van der Waals surface area contributed by atoms with Crippen molar-refractivity contribution in [2.24, 2.45) is 0 Å². The zero-order valence-electron chi connectivity index (χ0n) is 11.5. The number of amides is 1. The SMILES string of the molecule is CC[S@](=O)[C@@H]1CCCC[C@H]1NC(=O)c1ncccc1O. The van der Waals surface area contributed by atoms with Crippen LogP contribution < -0.4 is 5.32 Å². The van der Waals surface area contributed by atoms with Gasteiger partial charge in [0, 0.05) is 28.8 Å². The highest BCUT2D eigenvalue weighted by Crippen LogP contribution is 2.24. The minimum absolute atomic E-state index is 0.00329. The molecule has 0 aliphatic heterocycles. The standard InChI is InChI=1S/C14H20N2O3S/c1-2-20(19)12-8-4-3-6-10(12)16-14(18)13-11(17)7-5-9-15-13/h5,7,9-10,12,17H,2-4,6,8H2,1H3,(H,16,18)/t10-,12-,20+/m1/s1. The number of aromatic hydroxyl groups is 1. The van der Waals surface area contributed by atoms with Gasteiger partial charge in [0.25, 0.3) is 5.91 Å². The fraction of sp³-hybridized carbons (Fsp3) is 0.571. The average Bonchev–Trinajstić information content (AvgIpc) is 2.47. The Morgan fingerprint density at radius 3 is 2.95 bits per heavy atom. The summed E-state index contributed by atoms with van der Waals surface area (Å²) in [5.74, 6) is 0.0772. The lowest BCUT2D eigenvalue weighted by atomic mass is 9.94. The first-order valence-electron chi connectivity index (χ1n) is 6.95. The Hall–Kier alpha value is -1.43. The van der Waals surface area contributed by atoms with Crippen molar-refractivity contribution in [2.45, 2.75) is 43.9 Å². The predicted octanol–water partition coefficient (Wildman–Crippen LogP) is 1.60. The van der Waals surface area contributed by atoms with Crippen molar-refractivity contribution in [3.63, 3.8) is 0 Å². The van der Waals surface area contributed by atoms with Gasteiger partial charge in [-0.05, 0) is 25.0 Å². The van der Waals surface area contributed by atoms with Gasteiger partial charge in [-0.15, -0.1) is 0 Å². The number of hydrogen-bond donors (Lipinski definition) is 2. The molecular weight excluding hydrogens is 276 g/mol. The smallest absolute Gasteiger partial charge is 0.273 e. The lowest BCUT2D eigenvalue weighted by Crippen LogP contribution is -2.47.